The fraction of sp³-hybridized carbons (Fsp3) is 0.0769. The predicted molar refractivity (Wildman–Crippen MR) is 66.9 cm³/mol. The molecule has 5 nitrogen and oxygen atoms in total. The molecule has 92 valence electrons. The Kier molecular flexibility index (Phi) is 3.14. The van der Waals surface area contributed by atoms with Crippen LogP contribution in [0.25, 0.3) is 0 Å². The van der Waals surface area contributed by atoms with Gasteiger partial charge in [-0.2, -0.15) is 0 Å². The molecule has 0 aliphatic carbocycles. The van der Waals surface area contributed by atoms with Crippen molar-refractivity contribution in [1.29, 1.82) is 0 Å². The summed E-state index contributed by atoms with van der Waals surface area (Å²) in [6.45, 7) is 1.69. The molecule has 0 atom stereocenters. The number of rotatable bonds is 3. The number of amides is 1. The molecule has 0 aliphatic heterocycles. The summed E-state index contributed by atoms with van der Waals surface area (Å²) in [6.07, 6.45) is 1.63. The van der Waals surface area contributed by atoms with Gasteiger partial charge in [-0.15, -0.1) is 0 Å². The van der Waals surface area contributed by atoms with Crippen LogP contribution < -0.4 is 5.32 Å². The van der Waals surface area contributed by atoms with E-state index in [-0.39, 0.29) is 11.5 Å². The van der Waals surface area contributed by atoms with E-state index >= 15 is 0 Å². The first-order valence-corrected chi connectivity index (χ1v) is 5.37. The number of carboxylic acids is 1. The normalized spacial score (nSPS) is 10.1. The Balaban J connectivity index is 2.32. The molecule has 1 aromatic heterocycles. The minimum absolute atomic E-state index is 0.109. The highest BCUT2D eigenvalue weighted by Crippen LogP contribution is 2.20. The Hall–Kier alpha value is -2.56. The Bertz CT molecular complexity index is 588. The minimum atomic E-state index is -1.06. The molecule has 1 amide bonds. The summed E-state index contributed by atoms with van der Waals surface area (Å²) in [6, 6.07) is 8.27. The summed E-state index contributed by atoms with van der Waals surface area (Å²) in [5.74, 6) is -1.43. The second-order valence-electron chi connectivity index (χ2n) is 3.84. The van der Waals surface area contributed by atoms with Crippen molar-refractivity contribution in [3.8, 4) is 0 Å². The number of hydrogen-bond donors (Lipinski definition) is 3. The zero-order valence-electron chi connectivity index (χ0n) is 9.73. The lowest BCUT2D eigenvalue weighted by atomic mass is 10.1. The molecule has 0 unspecified atom stereocenters. The molecule has 18 heavy (non-hydrogen) atoms. The molecule has 1 aromatic carbocycles. The molecule has 0 bridgehead atoms. The summed E-state index contributed by atoms with van der Waals surface area (Å²) in [4.78, 5) is 25.7. The van der Waals surface area contributed by atoms with E-state index in [1.165, 1.54) is 0 Å². The van der Waals surface area contributed by atoms with Crippen molar-refractivity contribution in [3.63, 3.8) is 0 Å². The maximum absolute atomic E-state index is 11.8. The van der Waals surface area contributed by atoms with Crippen molar-refractivity contribution in [2.24, 2.45) is 0 Å². The van der Waals surface area contributed by atoms with Gasteiger partial charge < -0.3 is 15.4 Å². The van der Waals surface area contributed by atoms with Crippen LogP contribution in [0.5, 0.6) is 0 Å². The van der Waals surface area contributed by atoms with Gasteiger partial charge >= 0.3 is 5.97 Å². The van der Waals surface area contributed by atoms with Crippen LogP contribution in [-0.4, -0.2) is 22.0 Å². The third kappa shape index (κ3) is 2.24. The number of benzene rings is 1. The zero-order chi connectivity index (χ0) is 13.1. The van der Waals surface area contributed by atoms with Gasteiger partial charge in [-0.25, -0.2) is 4.79 Å². The lowest BCUT2D eigenvalue weighted by Crippen LogP contribution is -2.15. The van der Waals surface area contributed by atoms with Gasteiger partial charge in [0.2, 0.25) is 0 Å². The largest absolute Gasteiger partial charge is 0.478 e. The average Bonchev–Trinajstić information content (AvgIpc) is 2.81. The number of carbonyl (C=O) groups is 2. The third-order valence-electron chi connectivity index (χ3n) is 2.58. The first kappa shape index (κ1) is 11.9. The lowest BCUT2D eigenvalue weighted by Gasteiger charge is -2.09. The Labute approximate surface area is 103 Å². The summed E-state index contributed by atoms with van der Waals surface area (Å²) in [7, 11) is 0. The lowest BCUT2D eigenvalue weighted by molar-refractivity contribution is 0.0697. The molecule has 0 aliphatic rings. The van der Waals surface area contributed by atoms with E-state index in [1.54, 1.807) is 43.5 Å². The Morgan fingerprint density at radius 1 is 1.22 bits per heavy atom. The fourth-order valence-corrected chi connectivity index (χ4v) is 1.72. The molecular formula is C13H12N2O3. The number of anilines is 1. The summed E-state index contributed by atoms with van der Waals surface area (Å²) >= 11 is 0. The number of nitrogens with one attached hydrogen (secondary N) is 2. The number of hydrogen-bond acceptors (Lipinski definition) is 2. The zero-order valence-corrected chi connectivity index (χ0v) is 9.73. The van der Waals surface area contributed by atoms with Crippen LogP contribution in [-0.2, 0) is 0 Å². The van der Waals surface area contributed by atoms with E-state index in [4.69, 9.17) is 5.11 Å². The highest BCUT2D eigenvalue weighted by atomic mass is 16.4. The first-order valence-electron chi connectivity index (χ1n) is 5.37. The van der Waals surface area contributed by atoms with Gasteiger partial charge in [-0.05, 0) is 30.7 Å². The number of aryl methyl sites for hydroxylation is 1. The molecule has 0 radical (unpaired) electrons. The number of H-pyrrole nitrogens is 1. The molecule has 0 saturated heterocycles. The van der Waals surface area contributed by atoms with Gasteiger partial charge in [0.25, 0.3) is 5.91 Å². The number of carboxylic acid groups (broad SMARTS) is 1. The summed E-state index contributed by atoms with van der Waals surface area (Å²) < 4.78 is 0. The van der Waals surface area contributed by atoms with E-state index in [0.717, 1.165) is 0 Å². The summed E-state index contributed by atoms with van der Waals surface area (Å²) in [5, 5.41) is 11.7. The third-order valence-corrected chi connectivity index (χ3v) is 2.58. The number of carbonyl (C=O) groups excluding carboxylic acids is 1. The Morgan fingerprint density at radius 2 is 2.00 bits per heavy atom. The van der Waals surface area contributed by atoms with Gasteiger partial charge in [0.15, 0.2) is 0 Å². The molecule has 1 heterocycles. The highest BCUT2D eigenvalue weighted by Gasteiger charge is 2.15. The molecule has 5 heteroatoms. The van der Waals surface area contributed by atoms with Gasteiger partial charge in [0, 0.05) is 6.20 Å². The molecule has 0 fully saturated rings. The number of aromatic amines is 1. The predicted octanol–water partition coefficient (Wildman–Crippen LogP) is 2.27. The molecular weight excluding hydrogens is 232 g/mol. The van der Waals surface area contributed by atoms with Crippen LogP contribution in [0.15, 0.2) is 36.5 Å². The Morgan fingerprint density at radius 3 is 2.61 bits per heavy atom. The standard InChI is InChI=1S/C13H12N2O3/c1-8-4-2-5-9(11(8)13(17)18)15-12(16)10-6-3-7-14-10/h2-7,14H,1H3,(H,15,16)(H,17,18). The topological polar surface area (TPSA) is 82.2 Å². The molecule has 3 N–H and O–H groups in total. The maximum Gasteiger partial charge on any atom is 0.338 e. The van der Waals surface area contributed by atoms with Gasteiger partial charge in [0.05, 0.1) is 11.3 Å². The maximum atomic E-state index is 11.8. The molecule has 0 spiro atoms. The number of aromatic nitrogens is 1. The van der Waals surface area contributed by atoms with E-state index < -0.39 is 5.97 Å². The quantitative estimate of drug-likeness (QED) is 0.774. The summed E-state index contributed by atoms with van der Waals surface area (Å²) in [5.41, 5.74) is 1.39. The van der Waals surface area contributed by atoms with Crippen LogP contribution >= 0.6 is 0 Å². The van der Waals surface area contributed by atoms with Crippen LogP contribution in [0.1, 0.15) is 26.4 Å². The van der Waals surface area contributed by atoms with E-state index in [1.807, 2.05) is 0 Å². The first-order chi connectivity index (χ1) is 8.59. The van der Waals surface area contributed by atoms with Gasteiger partial charge in [0.1, 0.15) is 5.69 Å². The van der Waals surface area contributed by atoms with Crippen molar-refractivity contribution in [1.82, 2.24) is 4.98 Å². The van der Waals surface area contributed by atoms with Crippen molar-refractivity contribution in [2.75, 3.05) is 5.32 Å². The van der Waals surface area contributed by atoms with Gasteiger partial charge in [-0.3, -0.25) is 4.79 Å². The molecule has 2 rings (SSSR count). The molecule has 0 saturated carbocycles. The van der Waals surface area contributed by atoms with E-state index in [9.17, 15) is 9.59 Å². The monoisotopic (exact) mass is 244 g/mol. The van der Waals surface area contributed by atoms with Gasteiger partial charge in [-0.1, -0.05) is 12.1 Å². The van der Waals surface area contributed by atoms with E-state index in [0.29, 0.717) is 16.9 Å². The molecule has 2 aromatic rings. The second kappa shape index (κ2) is 4.75. The average molecular weight is 244 g/mol. The highest BCUT2D eigenvalue weighted by molar-refractivity contribution is 6.07. The van der Waals surface area contributed by atoms with Crippen LogP contribution in [0.4, 0.5) is 5.69 Å². The smallest absolute Gasteiger partial charge is 0.338 e. The van der Waals surface area contributed by atoms with Crippen LogP contribution in [0, 0.1) is 6.92 Å². The van der Waals surface area contributed by atoms with Crippen molar-refractivity contribution < 1.29 is 14.7 Å². The number of aromatic carboxylic acids is 1. The van der Waals surface area contributed by atoms with Crippen molar-refractivity contribution >= 4 is 17.6 Å². The van der Waals surface area contributed by atoms with Crippen LogP contribution in [0.2, 0.25) is 0 Å². The minimum Gasteiger partial charge on any atom is -0.478 e. The van der Waals surface area contributed by atoms with Crippen molar-refractivity contribution in [2.45, 2.75) is 6.92 Å². The van der Waals surface area contributed by atoms with Crippen molar-refractivity contribution in [3.05, 3.63) is 53.3 Å². The second-order valence-corrected chi connectivity index (χ2v) is 3.84. The fourth-order valence-electron chi connectivity index (χ4n) is 1.72. The van der Waals surface area contributed by atoms with E-state index in [2.05, 4.69) is 10.3 Å². The SMILES string of the molecule is Cc1cccc(NC(=O)c2ccc[nH]2)c1C(=O)O. The van der Waals surface area contributed by atoms with Crippen LogP contribution in [0.3, 0.4) is 0 Å².